The summed E-state index contributed by atoms with van der Waals surface area (Å²) in [5.74, 6) is 0.570. The van der Waals surface area contributed by atoms with Crippen LogP contribution in [0.1, 0.15) is 5.56 Å². The molecular weight excluding hydrogens is 230 g/mol. The highest BCUT2D eigenvalue weighted by Gasteiger charge is 1.98. The van der Waals surface area contributed by atoms with Crippen LogP contribution in [0.15, 0.2) is 58.3 Å². The lowest BCUT2D eigenvalue weighted by atomic mass is 10.2. The molecule has 0 amide bonds. The third-order valence-electron chi connectivity index (χ3n) is 2.24. The van der Waals surface area contributed by atoms with Crippen molar-refractivity contribution in [2.24, 2.45) is 0 Å². The van der Waals surface area contributed by atoms with Gasteiger partial charge < -0.3 is 4.74 Å². The fourth-order valence-corrected chi connectivity index (χ4v) is 2.19. The van der Waals surface area contributed by atoms with Crippen molar-refractivity contribution in [3.05, 3.63) is 54.1 Å². The van der Waals surface area contributed by atoms with Crippen LogP contribution in [0.25, 0.3) is 0 Å². The molecule has 0 fully saturated rings. The summed E-state index contributed by atoms with van der Waals surface area (Å²) in [6.45, 7) is 2.07. The second kappa shape index (κ2) is 5.42. The Balaban J connectivity index is 2.09. The van der Waals surface area contributed by atoms with Gasteiger partial charge in [0.25, 0.3) is 6.26 Å². The van der Waals surface area contributed by atoms with Gasteiger partial charge in [-0.25, -0.2) is 0 Å². The van der Waals surface area contributed by atoms with Crippen molar-refractivity contribution >= 4 is 11.8 Å². The van der Waals surface area contributed by atoms with Gasteiger partial charge in [0.2, 0.25) is 0 Å². The minimum atomic E-state index is 0.570. The summed E-state index contributed by atoms with van der Waals surface area (Å²) in [7, 11) is 0. The molecule has 0 aliphatic rings. The van der Waals surface area contributed by atoms with Crippen LogP contribution in [0.4, 0.5) is 0 Å². The molecule has 0 unspecified atom stereocenters. The van der Waals surface area contributed by atoms with Crippen molar-refractivity contribution in [2.45, 2.75) is 16.7 Å². The van der Waals surface area contributed by atoms with Gasteiger partial charge in [0.15, 0.2) is 0 Å². The molecule has 0 aliphatic carbocycles. The third kappa shape index (κ3) is 3.27. The fourth-order valence-electron chi connectivity index (χ4n) is 1.37. The zero-order valence-corrected chi connectivity index (χ0v) is 10.2. The van der Waals surface area contributed by atoms with Crippen LogP contribution in [0.5, 0.6) is 5.75 Å². The first kappa shape index (κ1) is 11.6. The topological polar surface area (TPSA) is 33.0 Å². The third-order valence-corrected chi connectivity index (χ3v) is 3.26. The molecule has 17 heavy (non-hydrogen) atoms. The van der Waals surface area contributed by atoms with Gasteiger partial charge in [-0.15, -0.1) is 5.26 Å². The second-order valence-electron chi connectivity index (χ2n) is 3.58. The first-order valence-corrected chi connectivity index (χ1v) is 6.00. The van der Waals surface area contributed by atoms with E-state index in [0.29, 0.717) is 5.75 Å². The number of nitrogens with zero attached hydrogens (tertiary/aromatic N) is 1. The Bertz CT molecular complexity index is 526. The number of hydrogen-bond donors (Lipinski definition) is 0. The molecule has 0 bridgehead atoms. The summed E-state index contributed by atoms with van der Waals surface area (Å²) in [5.41, 5.74) is 1.26. The van der Waals surface area contributed by atoms with E-state index in [1.165, 1.54) is 10.5 Å². The number of nitriles is 1. The fraction of sp³-hybridized carbons (Fsp3) is 0.0714. The summed E-state index contributed by atoms with van der Waals surface area (Å²) in [6, 6.07) is 15.8. The number of ether oxygens (including phenoxy) is 1. The highest BCUT2D eigenvalue weighted by molar-refractivity contribution is 7.99. The molecule has 0 aliphatic heterocycles. The largest absolute Gasteiger partial charge is 0.388 e. The Morgan fingerprint density at radius 1 is 0.941 bits per heavy atom. The van der Waals surface area contributed by atoms with Gasteiger partial charge in [-0.2, -0.15) is 0 Å². The van der Waals surface area contributed by atoms with Crippen LogP contribution in [-0.4, -0.2) is 0 Å². The Morgan fingerprint density at radius 3 is 2.00 bits per heavy atom. The molecule has 0 atom stereocenters. The summed E-state index contributed by atoms with van der Waals surface area (Å²) < 4.78 is 4.72. The summed E-state index contributed by atoms with van der Waals surface area (Å²) in [6.07, 6.45) is 1.65. The summed E-state index contributed by atoms with van der Waals surface area (Å²) >= 11 is 1.68. The van der Waals surface area contributed by atoms with E-state index < -0.39 is 0 Å². The predicted molar refractivity (Wildman–Crippen MR) is 68.0 cm³/mol. The molecule has 84 valence electrons. The second-order valence-corrected chi connectivity index (χ2v) is 4.73. The van der Waals surface area contributed by atoms with Crippen LogP contribution >= 0.6 is 11.8 Å². The molecule has 0 N–H and O–H groups in total. The van der Waals surface area contributed by atoms with Gasteiger partial charge in [-0.05, 0) is 43.3 Å². The van der Waals surface area contributed by atoms with Gasteiger partial charge in [0.1, 0.15) is 5.75 Å². The Hall–Kier alpha value is -1.92. The molecule has 2 nitrogen and oxygen atoms in total. The van der Waals surface area contributed by atoms with Crippen LogP contribution in [0.3, 0.4) is 0 Å². The average Bonchev–Trinajstić information content (AvgIpc) is 2.35. The van der Waals surface area contributed by atoms with Crippen molar-refractivity contribution in [3.63, 3.8) is 0 Å². The lowest BCUT2D eigenvalue weighted by Crippen LogP contribution is -1.81. The van der Waals surface area contributed by atoms with E-state index >= 15 is 0 Å². The van der Waals surface area contributed by atoms with Crippen LogP contribution in [0, 0.1) is 18.4 Å². The number of benzene rings is 2. The lowest BCUT2D eigenvalue weighted by molar-refractivity contribution is 0.507. The van der Waals surface area contributed by atoms with Crippen LogP contribution in [-0.2, 0) is 0 Å². The maximum absolute atomic E-state index is 8.37. The van der Waals surface area contributed by atoms with Gasteiger partial charge in [0, 0.05) is 9.79 Å². The van der Waals surface area contributed by atoms with E-state index in [2.05, 4.69) is 31.2 Å². The van der Waals surface area contributed by atoms with Crippen molar-refractivity contribution in [3.8, 4) is 12.0 Å². The maximum Gasteiger partial charge on any atom is 0.292 e. The molecular formula is C14H11NOS. The lowest BCUT2D eigenvalue weighted by Gasteiger charge is -2.02. The highest BCUT2D eigenvalue weighted by Crippen LogP contribution is 2.28. The van der Waals surface area contributed by atoms with Gasteiger partial charge in [0.05, 0.1) is 0 Å². The Kier molecular flexibility index (Phi) is 3.69. The molecule has 0 spiro atoms. The van der Waals surface area contributed by atoms with E-state index in [-0.39, 0.29) is 0 Å². The number of aryl methyl sites for hydroxylation is 1. The van der Waals surface area contributed by atoms with Crippen LogP contribution < -0.4 is 4.74 Å². The monoisotopic (exact) mass is 241 g/mol. The predicted octanol–water partition coefficient (Wildman–Crippen LogP) is 4.01. The van der Waals surface area contributed by atoms with E-state index in [0.717, 1.165) is 4.90 Å². The Morgan fingerprint density at radius 2 is 1.47 bits per heavy atom. The normalized spacial score (nSPS) is 9.65. The molecule has 0 heterocycles. The minimum Gasteiger partial charge on any atom is -0.388 e. The van der Waals surface area contributed by atoms with E-state index in [4.69, 9.17) is 10.00 Å². The first-order valence-electron chi connectivity index (χ1n) is 5.18. The maximum atomic E-state index is 8.37. The SMILES string of the molecule is Cc1ccc(Sc2ccc(OC#N)cc2)cc1. The van der Waals surface area contributed by atoms with Gasteiger partial charge in [-0.3, -0.25) is 0 Å². The van der Waals surface area contributed by atoms with Crippen molar-refractivity contribution < 1.29 is 4.74 Å². The minimum absolute atomic E-state index is 0.570. The average molecular weight is 241 g/mol. The first-order chi connectivity index (χ1) is 8.28. The smallest absolute Gasteiger partial charge is 0.292 e. The van der Waals surface area contributed by atoms with Gasteiger partial charge >= 0.3 is 0 Å². The standard InChI is InChI=1S/C14H11NOS/c1-11-2-6-13(7-3-11)17-14-8-4-12(5-9-14)16-10-15/h2-9H,1H3. The molecule has 0 saturated heterocycles. The molecule has 0 radical (unpaired) electrons. The summed E-state index contributed by atoms with van der Waals surface area (Å²) in [4.78, 5) is 2.32. The molecule has 0 aromatic heterocycles. The van der Waals surface area contributed by atoms with E-state index in [1.807, 2.05) is 12.1 Å². The van der Waals surface area contributed by atoms with Crippen molar-refractivity contribution in [2.75, 3.05) is 0 Å². The molecule has 0 saturated carbocycles. The molecule has 3 heteroatoms. The zero-order chi connectivity index (χ0) is 12.1. The number of hydrogen-bond acceptors (Lipinski definition) is 3. The molecule has 2 rings (SSSR count). The number of rotatable bonds is 3. The quantitative estimate of drug-likeness (QED) is 0.761. The zero-order valence-electron chi connectivity index (χ0n) is 9.38. The van der Waals surface area contributed by atoms with Gasteiger partial charge in [-0.1, -0.05) is 29.5 Å². The molecule has 2 aromatic rings. The van der Waals surface area contributed by atoms with E-state index in [1.54, 1.807) is 30.1 Å². The van der Waals surface area contributed by atoms with Crippen molar-refractivity contribution in [1.82, 2.24) is 0 Å². The molecule has 2 aromatic carbocycles. The highest BCUT2D eigenvalue weighted by atomic mass is 32.2. The van der Waals surface area contributed by atoms with Crippen LogP contribution in [0.2, 0.25) is 0 Å². The Labute approximate surface area is 105 Å². The van der Waals surface area contributed by atoms with Crippen molar-refractivity contribution in [1.29, 1.82) is 5.26 Å². The summed E-state index contributed by atoms with van der Waals surface area (Å²) in [5, 5.41) is 8.37. The van der Waals surface area contributed by atoms with E-state index in [9.17, 15) is 0 Å².